The van der Waals surface area contributed by atoms with E-state index in [2.05, 4.69) is 21.3 Å². The molecule has 4 rings (SSSR count). The molecule has 0 radical (unpaired) electrons. The van der Waals surface area contributed by atoms with Gasteiger partial charge in [-0.25, -0.2) is 4.79 Å². The molecule has 6 nitrogen and oxygen atoms in total. The molecule has 3 aromatic rings. The van der Waals surface area contributed by atoms with Gasteiger partial charge in [0.2, 0.25) is 0 Å². The summed E-state index contributed by atoms with van der Waals surface area (Å²) in [6, 6.07) is 5.83. The van der Waals surface area contributed by atoms with Crippen LogP contribution in [-0.4, -0.2) is 38.3 Å². The van der Waals surface area contributed by atoms with E-state index in [-0.39, 0.29) is 5.97 Å². The average Bonchev–Trinajstić information content (AvgIpc) is 3.20. The normalized spacial score (nSPS) is 13.3. The van der Waals surface area contributed by atoms with Crippen LogP contribution in [0.3, 0.4) is 0 Å². The fourth-order valence-electron chi connectivity index (χ4n) is 3.70. The van der Waals surface area contributed by atoms with Crippen molar-refractivity contribution in [1.29, 1.82) is 0 Å². The quantitative estimate of drug-likeness (QED) is 0.604. The van der Waals surface area contributed by atoms with Crippen molar-refractivity contribution >= 4 is 33.9 Å². The van der Waals surface area contributed by atoms with Gasteiger partial charge in [-0.3, -0.25) is 4.98 Å². The van der Waals surface area contributed by atoms with Gasteiger partial charge in [0.05, 0.1) is 31.9 Å². The van der Waals surface area contributed by atoms with Crippen LogP contribution in [0.5, 0.6) is 11.5 Å². The number of pyridine rings is 1. The van der Waals surface area contributed by atoms with Crippen molar-refractivity contribution in [2.75, 3.05) is 32.3 Å². The zero-order valence-electron chi connectivity index (χ0n) is 16.2. The summed E-state index contributed by atoms with van der Waals surface area (Å²) in [4.78, 5) is 20.9. The largest absolute Gasteiger partial charge is 0.496 e. The zero-order valence-corrected chi connectivity index (χ0v) is 17.0. The molecule has 0 aliphatic carbocycles. The smallest absolute Gasteiger partial charge is 0.341 e. The lowest BCUT2D eigenvalue weighted by Crippen LogP contribution is -2.31. The Morgan fingerprint density at radius 3 is 2.75 bits per heavy atom. The molecule has 0 N–H and O–H groups in total. The van der Waals surface area contributed by atoms with Crippen molar-refractivity contribution in [1.82, 2.24) is 4.98 Å². The average molecular weight is 398 g/mol. The number of carbonyl (C=O) groups excluding carboxylic acids is 1. The van der Waals surface area contributed by atoms with Gasteiger partial charge in [0.1, 0.15) is 22.6 Å². The lowest BCUT2D eigenvalue weighted by atomic mass is 10.0. The van der Waals surface area contributed by atoms with Crippen LogP contribution in [0.2, 0.25) is 0 Å². The summed E-state index contributed by atoms with van der Waals surface area (Å²) < 4.78 is 16.5. The number of anilines is 1. The third kappa shape index (κ3) is 3.05. The molecule has 0 saturated heterocycles. The van der Waals surface area contributed by atoms with Gasteiger partial charge in [0.25, 0.3) is 0 Å². The van der Waals surface area contributed by atoms with E-state index >= 15 is 0 Å². The molecule has 0 unspecified atom stereocenters. The Labute approximate surface area is 167 Å². The molecule has 0 bridgehead atoms. The number of thiophene rings is 1. The second kappa shape index (κ2) is 7.67. The Bertz CT molecular complexity index is 1030. The molecular weight excluding hydrogens is 376 g/mol. The minimum absolute atomic E-state index is 0.306. The number of ether oxygens (including phenoxy) is 3. The number of carbonyl (C=O) groups is 1. The third-order valence-electron chi connectivity index (χ3n) is 4.98. The monoisotopic (exact) mass is 398 g/mol. The molecule has 1 aliphatic rings. The second-order valence-electron chi connectivity index (χ2n) is 6.48. The summed E-state index contributed by atoms with van der Waals surface area (Å²) in [6.07, 6.45) is 2.52. The highest BCUT2D eigenvalue weighted by molar-refractivity contribution is 7.10. The van der Waals surface area contributed by atoms with Crippen molar-refractivity contribution in [3.63, 3.8) is 0 Å². The standard InChI is InChI=1S/C21H22N2O4S/c1-4-27-21(24)14-11-22-19-16(26-3)6-5-15(25-2)18(19)20(14)23-9-7-17-13(12-23)8-10-28-17/h5-6,8,10-11H,4,7,9,12H2,1-3H3. The number of methoxy groups -OCH3 is 2. The number of hydrogen-bond acceptors (Lipinski definition) is 7. The maximum Gasteiger partial charge on any atom is 0.341 e. The van der Waals surface area contributed by atoms with Crippen molar-refractivity contribution < 1.29 is 19.0 Å². The molecule has 0 saturated carbocycles. The van der Waals surface area contributed by atoms with E-state index in [1.54, 1.807) is 38.7 Å². The fourth-order valence-corrected chi connectivity index (χ4v) is 4.59. The van der Waals surface area contributed by atoms with Gasteiger partial charge < -0.3 is 19.1 Å². The number of benzene rings is 1. The second-order valence-corrected chi connectivity index (χ2v) is 7.48. The van der Waals surface area contributed by atoms with Gasteiger partial charge in [0.15, 0.2) is 0 Å². The van der Waals surface area contributed by atoms with Crippen molar-refractivity contribution in [2.45, 2.75) is 19.9 Å². The van der Waals surface area contributed by atoms with Crippen LogP contribution >= 0.6 is 11.3 Å². The van der Waals surface area contributed by atoms with Crippen LogP contribution in [0.25, 0.3) is 10.9 Å². The van der Waals surface area contributed by atoms with Crippen molar-refractivity contribution in [3.8, 4) is 11.5 Å². The maximum absolute atomic E-state index is 12.7. The first-order valence-electron chi connectivity index (χ1n) is 9.18. The summed E-state index contributed by atoms with van der Waals surface area (Å²) in [7, 11) is 3.23. The van der Waals surface area contributed by atoms with Gasteiger partial charge in [-0.15, -0.1) is 11.3 Å². The number of fused-ring (bicyclic) bond motifs is 2. The number of nitrogens with zero attached hydrogens (tertiary/aromatic N) is 2. The summed E-state index contributed by atoms with van der Waals surface area (Å²) in [5.41, 5.74) is 3.19. The van der Waals surface area contributed by atoms with Gasteiger partial charge in [-0.2, -0.15) is 0 Å². The van der Waals surface area contributed by atoms with Gasteiger partial charge >= 0.3 is 5.97 Å². The molecule has 0 fully saturated rings. The molecule has 3 heterocycles. The molecule has 7 heteroatoms. The molecular formula is C21H22N2O4S. The lowest BCUT2D eigenvalue weighted by Gasteiger charge is -2.31. The minimum Gasteiger partial charge on any atom is -0.496 e. The highest BCUT2D eigenvalue weighted by Crippen LogP contribution is 2.42. The minimum atomic E-state index is -0.382. The maximum atomic E-state index is 12.7. The van der Waals surface area contributed by atoms with E-state index < -0.39 is 0 Å². The molecule has 0 spiro atoms. The molecule has 1 aliphatic heterocycles. The Morgan fingerprint density at radius 2 is 2.00 bits per heavy atom. The Hall–Kier alpha value is -2.80. The first kappa shape index (κ1) is 18.6. The number of aromatic nitrogens is 1. The van der Waals surface area contributed by atoms with Crippen LogP contribution < -0.4 is 14.4 Å². The van der Waals surface area contributed by atoms with Crippen LogP contribution in [-0.2, 0) is 17.7 Å². The van der Waals surface area contributed by atoms with E-state index in [4.69, 9.17) is 14.2 Å². The van der Waals surface area contributed by atoms with Crippen LogP contribution in [0.4, 0.5) is 5.69 Å². The number of esters is 1. The van der Waals surface area contributed by atoms with E-state index in [0.29, 0.717) is 29.2 Å². The number of rotatable bonds is 5. The SMILES string of the molecule is CCOC(=O)c1cnc2c(OC)ccc(OC)c2c1N1CCc2sccc2C1. The zero-order chi connectivity index (χ0) is 19.7. The first-order valence-corrected chi connectivity index (χ1v) is 10.1. The third-order valence-corrected chi connectivity index (χ3v) is 6.00. The Morgan fingerprint density at radius 1 is 1.21 bits per heavy atom. The lowest BCUT2D eigenvalue weighted by molar-refractivity contribution is 0.0526. The van der Waals surface area contributed by atoms with E-state index in [0.717, 1.165) is 30.6 Å². The predicted octanol–water partition coefficient (Wildman–Crippen LogP) is 4.05. The van der Waals surface area contributed by atoms with Crippen LogP contribution in [0, 0.1) is 0 Å². The predicted molar refractivity (Wildman–Crippen MR) is 110 cm³/mol. The van der Waals surface area contributed by atoms with Gasteiger partial charge in [0, 0.05) is 24.2 Å². The van der Waals surface area contributed by atoms with Crippen LogP contribution in [0.15, 0.2) is 29.8 Å². The molecule has 28 heavy (non-hydrogen) atoms. The number of hydrogen-bond donors (Lipinski definition) is 0. The van der Waals surface area contributed by atoms with E-state index in [1.165, 1.54) is 10.4 Å². The molecule has 2 aromatic heterocycles. The Balaban J connectivity index is 1.97. The molecule has 0 amide bonds. The highest BCUT2D eigenvalue weighted by atomic mass is 32.1. The van der Waals surface area contributed by atoms with Gasteiger partial charge in [-0.05, 0) is 42.5 Å². The summed E-state index contributed by atoms with van der Waals surface area (Å²) in [5, 5.41) is 2.89. The molecule has 146 valence electrons. The van der Waals surface area contributed by atoms with Crippen molar-refractivity contribution in [3.05, 3.63) is 45.8 Å². The Kier molecular flexibility index (Phi) is 5.09. The topological polar surface area (TPSA) is 60.9 Å². The molecule has 0 atom stereocenters. The van der Waals surface area contributed by atoms with Crippen LogP contribution in [0.1, 0.15) is 27.7 Å². The summed E-state index contributed by atoms with van der Waals surface area (Å²) >= 11 is 1.78. The highest BCUT2D eigenvalue weighted by Gasteiger charge is 2.27. The molecule has 1 aromatic carbocycles. The first-order chi connectivity index (χ1) is 13.7. The summed E-state index contributed by atoms with van der Waals surface area (Å²) in [5.74, 6) is 0.911. The van der Waals surface area contributed by atoms with Gasteiger partial charge in [-0.1, -0.05) is 0 Å². The van der Waals surface area contributed by atoms with E-state index in [9.17, 15) is 4.79 Å². The van der Waals surface area contributed by atoms with E-state index in [1.807, 2.05) is 12.1 Å². The summed E-state index contributed by atoms with van der Waals surface area (Å²) in [6.45, 7) is 3.64. The fraction of sp³-hybridized carbons (Fsp3) is 0.333. The van der Waals surface area contributed by atoms with Crippen molar-refractivity contribution in [2.24, 2.45) is 0 Å².